The predicted octanol–water partition coefficient (Wildman–Crippen LogP) is 6.52. The van der Waals surface area contributed by atoms with Gasteiger partial charge in [0, 0.05) is 10.7 Å². The summed E-state index contributed by atoms with van der Waals surface area (Å²) in [7, 11) is 1.40. The highest BCUT2D eigenvalue weighted by Gasteiger charge is 2.51. The number of carbonyl (C=O) groups excluding carboxylic acids is 2. The number of carboxylic acids is 1. The first-order valence-corrected chi connectivity index (χ1v) is 15.8. The number of fused-ring (bicyclic) bond motifs is 3. The van der Waals surface area contributed by atoms with Crippen LogP contribution in [0.4, 0.5) is 18.2 Å². The molecule has 0 spiro atoms. The molecule has 2 bridgehead atoms. The van der Waals surface area contributed by atoms with Gasteiger partial charge in [-0.05, 0) is 87.3 Å². The minimum Gasteiger partial charge on any atom is -0.489 e. The number of carbonyl (C=O) groups is 3. The number of rotatable bonds is 8. The first-order valence-electron chi connectivity index (χ1n) is 15.0. The van der Waals surface area contributed by atoms with Crippen molar-refractivity contribution in [3.63, 3.8) is 0 Å². The number of aromatic nitrogens is 1. The predicted molar refractivity (Wildman–Crippen MR) is 160 cm³/mol. The Morgan fingerprint density at radius 2 is 1.82 bits per heavy atom. The molecule has 2 amide bonds. The number of pyridine rings is 1. The Bertz CT molecular complexity index is 1630. The lowest BCUT2D eigenvalue weighted by molar-refractivity contribution is -0.150. The number of anilines is 1. The summed E-state index contributed by atoms with van der Waals surface area (Å²) < 4.78 is 52.1. The van der Waals surface area contributed by atoms with Gasteiger partial charge in [0.1, 0.15) is 11.3 Å². The van der Waals surface area contributed by atoms with Gasteiger partial charge in [-0.15, -0.1) is 11.3 Å². The number of ether oxygens (including phenoxy) is 2. The highest BCUT2D eigenvalue weighted by molar-refractivity contribution is 7.23. The zero-order valence-corrected chi connectivity index (χ0v) is 25.6. The summed E-state index contributed by atoms with van der Waals surface area (Å²) >= 11 is 0.885. The molecule has 6 rings (SSSR count). The third kappa shape index (κ3) is 6.06. The molecular formula is C32H34F3N3O6S. The Morgan fingerprint density at radius 1 is 1.09 bits per heavy atom. The molecule has 45 heavy (non-hydrogen) atoms. The van der Waals surface area contributed by atoms with E-state index in [0.717, 1.165) is 36.7 Å². The minimum atomic E-state index is -4.51. The molecule has 13 heteroatoms. The van der Waals surface area contributed by atoms with Gasteiger partial charge in [0.05, 0.1) is 41.3 Å². The van der Waals surface area contributed by atoms with Crippen molar-refractivity contribution in [3.8, 4) is 11.6 Å². The summed E-state index contributed by atoms with van der Waals surface area (Å²) in [6, 6.07) is 6.57. The molecule has 3 N–H and O–H groups in total. The largest absolute Gasteiger partial charge is 0.489 e. The maximum absolute atomic E-state index is 13.6. The van der Waals surface area contributed by atoms with Crippen LogP contribution in [0.25, 0.3) is 10.1 Å². The van der Waals surface area contributed by atoms with Gasteiger partial charge in [0.2, 0.25) is 11.8 Å². The van der Waals surface area contributed by atoms with E-state index < -0.39 is 41.0 Å². The molecule has 3 aliphatic rings. The van der Waals surface area contributed by atoms with Crippen molar-refractivity contribution >= 4 is 44.2 Å². The Labute approximate surface area is 261 Å². The van der Waals surface area contributed by atoms with Crippen molar-refractivity contribution in [2.75, 3.05) is 12.4 Å². The van der Waals surface area contributed by atoms with Crippen molar-refractivity contribution in [2.24, 2.45) is 23.2 Å². The quantitative estimate of drug-likeness (QED) is 0.255. The van der Waals surface area contributed by atoms with Crippen LogP contribution in [0, 0.1) is 23.2 Å². The van der Waals surface area contributed by atoms with E-state index in [4.69, 9.17) is 9.47 Å². The van der Waals surface area contributed by atoms with Crippen molar-refractivity contribution in [2.45, 2.75) is 70.2 Å². The number of hydrogen-bond acceptors (Lipinski definition) is 7. The summed E-state index contributed by atoms with van der Waals surface area (Å²) in [6.45, 7) is 1.73. The SMILES string of the molecule is COc1ncc(OC2CCC(C)(C(=O)O)CC2)cc1C(=O)N[C@@H]1[C@H]2CC[C@H](C2)[C@@H]1C(=O)Nc1cc2cccc(C(F)(F)F)c2s1. The third-order valence-corrected chi connectivity index (χ3v) is 10.8. The van der Waals surface area contributed by atoms with Gasteiger partial charge in [-0.1, -0.05) is 12.1 Å². The van der Waals surface area contributed by atoms with Gasteiger partial charge in [0.15, 0.2) is 0 Å². The summed E-state index contributed by atoms with van der Waals surface area (Å²) in [5.74, 6) is -1.61. The Morgan fingerprint density at radius 3 is 2.51 bits per heavy atom. The molecule has 0 radical (unpaired) electrons. The maximum atomic E-state index is 13.6. The molecule has 0 aliphatic heterocycles. The highest BCUT2D eigenvalue weighted by atomic mass is 32.1. The van der Waals surface area contributed by atoms with E-state index in [1.165, 1.54) is 19.4 Å². The molecule has 2 aromatic heterocycles. The fourth-order valence-electron chi connectivity index (χ4n) is 7.23. The number of nitrogens with zero attached hydrogens (tertiary/aromatic N) is 1. The maximum Gasteiger partial charge on any atom is 0.417 e. The highest BCUT2D eigenvalue weighted by Crippen LogP contribution is 2.49. The summed E-state index contributed by atoms with van der Waals surface area (Å²) in [5, 5.41) is 16.1. The minimum absolute atomic E-state index is 0.0397. The van der Waals surface area contributed by atoms with Gasteiger partial charge in [-0.25, -0.2) is 4.98 Å². The van der Waals surface area contributed by atoms with Crippen LogP contribution in [-0.4, -0.2) is 47.1 Å². The molecule has 3 aromatic rings. The average Bonchev–Trinajstić information content (AvgIpc) is 3.72. The fourth-order valence-corrected chi connectivity index (χ4v) is 8.33. The zero-order chi connectivity index (χ0) is 32.1. The van der Waals surface area contributed by atoms with Gasteiger partial charge in [-0.2, -0.15) is 13.2 Å². The van der Waals surface area contributed by atoms with Crippen LogP contribution >= 0.6 is 11.3 Å². The molecule has 9 nitrogen and oxygen atoms in total. The first-order chi connectivity index (χ1) is 21.4. The van der Waals surface area contributed by atoms with Crippen molar-refractivity contribution in [1.29, 1.82) is 0 Å². The van der Waals surface area contributed by atoms with Crippen LogP contribution in [0.3, 0.4) is 0 Å². The monoisotopic (exact) mass is 645 g/mol. The number of hydrogen-bond donors (Lipinski definition) is 3. The van der Waals surface area contributed by atoms with E-state index in [1.807, 2.05) is 0 Å². The fraction of sp³-hybridized carbons (Fsp3) is 0.500. The molecule has 1 aromatic carbocycles. The average molecular weight is 646 g/mol. The lowest BCUT2D eigenvalue weighted by Crippen LogP contribution is -2.48. The van der Waals surface area contributed by atoms with E-state index in [1.54, 1.807) is 25.1 Å². The van der Waals surface area contributed by atoms with Gasteiger partial charge < -0.3 is 25.2 Å². The Hall–Kier alpha value is -3.87. The van der Waals surface area contributed by atoms with E-state index in [-0.39, 0.29) is 40.0 Å². The normalized spacial score (nSPS) is 27.7. The number of benzene rings is 1. The van der Waals surface area contributed by atoms with Crippen molar-refractivity contribution in [1.82, 2.24) is 10.3 Å². The van der Waals surface area contributed by atoms with Crippen LogP contribution in [0.5, 0.6) is 11.6 Å². The molecule has 2 heterocycles. The molecule has 0 saturated heterocycles. The van der Waals surface area contributed by atoms with Gasteiger partial charge >= 0.3 is 12.1 Å². The van der Waals surface area contributed by atoms with E-state index >= 15 is 0 Å². The number of nitrogens with one attached hydrogen (secondary N) is 2. The van der Waals surface area contributed by atoms with E-state index in [2.05, 4.69) is 15.6 Å². The standard InChI is InChI=1S/C32H34F3N3O6S/c1-31(30(41)42)10-8-19(9-11-31)44-20-14-21(29(43-2)36-15-20)27(39)38-25-17-7-6-16(12-17)24(25)28(40)37-23-13-18-4-3-5-22(26(18)45-23)32(33,34)35/h3-5,13-17,19,24-25H,6-12H2,1-2H3,(H,37,40)(H,38,39)(H,41,42)/t16-,17+,19?,24+,25-,31?/m1/s1. The number of thiophene rings is 1. The smallest absolute Gasteiger partial charge is 0.417 e. The number of methoxy groups -OCH3 is 1. The lowest BCUT2D eigenvalue weighted by atomic mass is 9.75. The summed E-state index contributed by atoms with van der Waals surface area (Å²) in [4.78, 5) is 43.1. The van der Waals surface area contributed by atoms with Crippen molar-refractivity contribution in [3.05, 3.63) is 47.7 Å². The van der Waals surface area contributed by atoms with Crippen molar-refractivity contribution < 1.29 is 42.1 Å². The Balaban J connectivity index is 1.17. The van der Waals surface area contributed by atoms with E-state index in [0.29, 0.717) is 41.8 Å². The van der Waals surface area contributed by atoms with Crippen LogP contribution < -0.4 is 20.1 Å². The third-order valence-electron chi connectivity index (χ3n) is 9.73. The number of aliphatic carboxylic acids is 1. The first kappa shape index (κ1) is 31.1. The number of amides is 2. The molecule has 4 atom stereocenters. The zero-order valence-electron chi connectivity index (χ0n) is 24.8. The van der Waals surface area contributed by atoms with E-state index in [9.17, 15) is 32.7 Å². The molecule has 0 unspecified atom stereocenters. The number of carboxylic acid groups (broad SMARTS) is 1. The molecule has 3 saturated carbocycles. The summed E-state index contributed by atoms with van der Waals surface area (Å²) in [5.41, 5.74) is -1.38. The summed E-state index contributed by atoms with van der Waals surface area (Å²) in [6.07, 6.45) is 1.23. The second-order valence-electron chi connectivity index (χ2n) is 12.6. The molecule has 240 valence electrons. The molecule has 3 fully saturated rings. The van der Waals surface area contributed by atoms with Crippen LogP contribution in [0.1, 0.15) is 67.8 Å². The molecular weight excluding hydrogens is 611 g/mol. The topological polar surface area (TPSA) is 127 Å². The van der Waals surface area contributed by atoms with Crippen LogP contribution in [-0.2, 0) is 15.8 Å². The van der Waals surface area contributed by atoms with Crippen LogP contribution in [0.2, 0.25) is 0 Å². The Kier molecular flexibility index (Phi) is 8.17. The lowest BCUT2D eigenvalue weighted by Gasteiger charge is -2.34. The van der Waals surface area contributed by atoms with Crippen LogP contribution in [0.15, 0.2) is 36.5 Å². The second-order valence-corrected chi connectivity index (χ2v) is 13.6. The van der Waals surface area contributed by atoms with Gasteiger partial charge in [-0.3, -0.25) is 14.4 Å². The number of halogens is 3. The molecule has 3 aliphatic carbocycles. The second kappa shape index (κ2) is 11.8. The van der Waals surface area contributed by atoms with Gasteiger partial charge in [0.25, 0.3) is 5.91 Å². The number of alkyl halides is 3.